The molecule has 0 bridgehead atoms. The minimum absolute atomic E-state index is 0.276. The molecule has 24 heavy (non-hydrogen) atoms. The quantitative estimate of drug-likeness (QED) is 0.628. The molecule has 0 aromatic heterocycles. The Hall–Kier alpha value is -2.85. The van der Waals surface area contributed by atoms with Crippen LogP contribution in [0, 0.1) is 10.1 Å². The topological polar surface area (TPSA) is 113 Å². The zero-order chi connectivity index (χ0) is 18.1. The van der Waals surface area contributed by atoms with Gasteiger partial charge < -0.3 is 15.3 Å². The molecule has 1 aromatic carbocycles. The van der Waals surface area contributed by atoms with E-state index in [2.05, 4.69) is 5.32 Å². The van der Waals surface area contributed by atoms with Gasteiger partial charge in [0.15, 0.2) is 0 Å². The number of hydrogen-bond donors (Lipinski definition) is 2. The Morgan fingerprint density at radius 2 is 2.12 bits per heavy atom. The highest BCUT2D eigenvalue weighted by Gasteiger charge is 2.38. The van der Waals surface area contributed by atoms with Crippen LogP contribution in [0.25, 0.3) is 0 Å². The number of hydrogen-bond acceptors (Lipinski definition) is 5. The van der Waals surface area contributed by atoms with Gasteiger partial charge in [-0.3, -0.25) is 19.7 Å². The van der Waals surface area contributed by atoms with Crippen LogP contribution in [-0.4, -0.2) is 52.1 Å². The molecule has 1 aromatic rings. The molecule has 1 saturated heterocycles. The molecule has 0 saturated carbocycles. The fraction of sp³-hybridized carbons (Fsp3) is 0.385. The van der Waals surface area contributed by atoms with Gasteiger partial charge in [-0.2, -0.15) is 13.2 Å². The molecule has 1 heterocycles. The molecule has 0 spiro atoms. The summed E-state index contributed by atoms with van der Waals surface area (Å²) in [6, 6.07) is 1.96. The Kier molecular flexibility index (Phi) is 4.62. The second-order valence-corrected chi connectivity index (χ2v) is 5.22. The second kappa shape index (κ2) is 6.34. The molecule has 2 amide bonds. The van der Waals surface area contributed by atoms with E-state index in [4.69, 9.17) is 0 Å². The maximum atomic E-state index is 12.3. The molecule has 11 heteroatoms. The van der Waals surface area contributed by atoms with Crippen molar-refractivity contribution in [1.29, 1.82) is 0 Å². The third kappa shape index (κ3) is 4.12. The van der Waals surface area contributed by atoms with E-state index in [1.54, 1.807) is 0 Å². The predicted molar refractivity (Wildman–Crippen MR) is 73.3 cm³/mol. The summed E-state index contributed by atoms with van der Waals surface area (Å²) in [4.78, 5) is 33.9. The van der Waals surface area contributed by atoms with E-state index < -0.39 is 46.9 Å². The first-order valence-corrected chi connectivity index (χ1v) is 6.69. The van der Waals surface area contributed by atoms with Crippen LogP contribution in [0.2, 0.25) is 0 Å². The number of nitrogens with zero attached hydrogens (tertiary/aromatic N) is 2. The van der Waals surface area contributed by atoms with Crippen LogP contribution in [0.15, 0.2) is 18.2 Å². The molecule has 0 aliphatic carbocycles. The van der Waals surface area contributed by atoms with E-state index >= 15 is 0 Å². The van der Waals surface area contributed by atoms with Gasteiger partial charge in [-0.05, 0) is 6.07 Å². The number of carbonyl (C=O) groups excluding carboxylic acids is 2. The maximum Gasteiger partial charge on any atom is 0.406 e. The molecule has 0 radical (unpaired) electrons. The number of nitrogens with one attached hydrogen (secondary N) is 1. The third-order valence-electron chi connectivity index (χ3n) is 3.36. The number of aromatic hydroxyl groups is 1. The number of rotatable bonds is 4. The summed E-state index contributed by atoms with van der Waals surface area (Å²) in [6.07, 6.45) is -4.83. The first-order valence-electron chi connectivity index (χ1n) is 6.69. The highest BCUT2D eigenvalue weighted by atomic mass is 19.4. The van der Waals surface area contributed by atoms with Crippen LogP contribution in [0.4, 0.5) is 18.9 Å². The SMILES string of the molecule is O=C(N[C@H]1CC(=O)N(CC(F)(F)F)C1)c1ccc([N+](=O)[O-])cc1O. The average molecular weight is 347 g/mol. The number of nitro groups is 1. The zero-order valence-electron chi connectivity index (χ0n) is 12.0. The van der Waals surface area contributed by atoms with Gasteiger partial charge in [0.05, 0.1) is 22.6 Å². The molecule has 0 unspecified atom stereocenters. The molecule has 8 nitrogen and oxygen atoms in total. The molecule has 1 aliphatic rings. The van der Waals surface area contributed by atoms with Crippen molar-refractivity contribution in [2.45, 2.75) is 18.6 Å². The first kappa shape index (κ1) is 17.5. The average Bonchev–Trinajstić information content (AvgIpc) is 2.76. The highest BCUT2D eigenvalue weighted by Crippen LogP contribution is 2.24. The van der Waals surface area contributed by atoms with Gasteiger partial charge in [-0.1, -0.05) is 0 Å². The Balaban J connectivity index is 2.03. The van der Waals surface area contributed by atoms with E-state index in [-0.39, 0.29) is 18.5 Å². The Morgan fingerprint density at radius 3 is 2.67 bits per heavy atom. The lowest BCUT2D eigenvalue weighted by Gasteiger charge is -2.18. The minimum atomic E-state index is -4.54. The second-order valence-electron chi connectivity index (χ2n) is 5.22. The number of nitro benzene ring substituents is 1. The summed E-state index contributed by atoms with van der Waals surface area (Å²) in [7, 11) is 0. The van der Waals surface area contributed by atoms with E-state index in [1.165, 1.54) is 0 Å². The van der Waals surface area contributed by atoms with Gasteiger partial charge >= 0.3 is 6.18 Å². The normalized spacial score (nSPS) is 17.9. The Bertz CT molecular complexity index is 692. The van der Waals surface area contributed by atoms with Gasteiger partial charge in [0.25, 0.3) is 11.6 Å². The number of non-ortho nitro benzene ring substituents is 1. The van der Waals surface area contributed by atoms with Crippen LogP contribution in [0.5, 0.6) is 5.75 Å². The lowest BCUT2D eigenvalue weighted by Crippen LogP contribution is -2.39. The van der Waals surface area contributed by atoms with Gasteiger partial charge in [0.1, 0.15) is 12.3 Å². The number of amides is 2. The van der Waals surface area contributed by atoms with Crippen molar-refractivity contribution >= 4 is 17.5 Å². The molecule has 2 N–H and O–H groups in total. The first-order chi connectivity index (χ1) is 11.1. The predicted octanol–water partition coefficient (Wildman–Crippen LogP) is 1.19. The number of phenolic OH excluding ortho intramolecular Hbond substituents is 1. The van der Waals surface area contributed by atoms with E-state index in [9.17, 15) is 38.0 Å². The number of alkyl halides is 3. The summed E-state index contributed by atoms with van der Waals surface area (Å²) in [5.74, 6) is -2.22. The lowest BCUT2D eigenvalue weighted by atomic mass is 10.1. The zero-order valence-corrected chi connectivity index (χ0v) is 12.0. The summed E-state index contributed by atoms with van der Waals surface area (Å²) in [6.45, 7) is -1.71. The molecule has 1 atom stereocenters. The standard InChI is InChI=1S/C13H12F3N3O5/c14-13(15,16)6-18-5-7(3-11(18)21)17-12(22)9-2-1-8(19(23)24)4-10(9)20/h1-2,4,7,20H,3,5-6H2,(H,17,22)/t7-/m0/s1. The maximum absolute atomic E-state index is 12.3. The van der Waals surface area contributed by atoms with Crippen molar-refractivity contribution in [3.8, 4) is 5.75 Å². The van der Waals surface area contributed by atoms with Crippen molar-refractivity contribution in [2.24, 2.45) is 0 Å². The van der Waals surface area contributed by atoms with Crippen LogP contribution in [0.1, 0.15) is 16.8 Å². The van der Waals surface area contributed by atoms with Crippen LogP contribution < -0.4 is 5.32 Å². The molecular weight excluding hydrogens is 335 g/mol. The largest absolute Gasteiger partial charge is 0.507 e. The summed E-state index contributed by atoms with van der Waals surface area (Å²) in [5.41, 5.74) is -0.696. The molecule has 130 valence electrons. The van der Waals surface area contributed by atoms with Gasteiger partial charge in [-0.25, -0.2) is 0 Å². The van der Waals surface area contributed by atoms with Crippen molar-refractivity contribution in [2.75, 3.05) is 13.1 Å². The number of phenols is 1. The Morgan fingerprint density at radius 1 is 1.46 bits per heavy atom. The van der Waals surface area contributed by atoms with E-state index in [0.29, 0.717) is 4.90 Å². The van der Waals surface area contributed by atoms with E-state index in [1.807, 2.05) is 0 Å². The van der Waals surface area contributed by atoms with Crippen LogP contribution >= 0.6 is 0 Å². The Labute approximate surface area is 133 Å². The van der Waals surface area contributed by atoms with Crippen molar-refractivity contribution in [1.82, 2.24) is 10.2 Å². The molecule has 1 aliphatic heterocycles. The number of halogens is 3. The molecule has 2 rings (SSSR count). The lowest BCUT2D eigenvalue weighted by molar-refractivity contribution is -0.384. The van der Waals surface area contributed by atoms with E-state index in [0.717, 1.165) is 18.2 Å². The van der Waals surface area contributed by atoms with Gasteiger partial charge in [0.2, 0.25) is 5.91 Å². The fourth-order valence-electron chi connectivity index (χ4n) is 2.33. The fourth-order valence-corrected chi connectivity index (χ4v) is 2.33. The van der Waals surface area contributed by atoms with Crippen molar-refractivity contribution < 1.29 is 32.8 Å². The molecule has 1 fully saturated rings. The monoisotopic (exact) mass is 347 g/mol. The summed E-state index contributed by atoms with van der Waals surface area (Å²) < 4.78 is 37.0. The van der Waals surface area contributed by atoms with Crippen molar-refractivity contribution in [3.63, 3.8) is 0 Å². The minimum Gasteiger partial charge on any atom is -0.507 e. The number of carbonyl (C=O) groups is 2. The van der Waals surface area contributed by atoms with Crippen molar-refractivity contribution in [3.05, 3.63) is 33.9 Å². The van der Waals surface area contributed by atoms with Gasteiger partial charge in [0, 0.05) is 19.0 Å². The summed E-state index contributed by atoms with van der Waals surface area (Å²) >= 11 is 0. The van der Waals surface area contributed by atoms with Crippen LogP contribution in [-0.2, 0) is 4.79 Å². The highest BCUT2D eigenvalue weighted by molar-refractivity contribution is 5.97. The number of benzene rings is 1. The van der Waals surface area contributed by atoms with Gasteiger partial charge in [-0.15, -0.1) is 0 Å². The smallest absolute Gasteiger partial charge is 0.406 e. The van der Waals surface area contributed by atoms with Crippen LogP contribution in [0.3, 0.4) is 0 Å². The third-order valence-corrected chi connectivity index (χ3v) is 3.36. The summed E-state index contributed by atoms with van der Waals surface area (Å²) in [5, 5.41) is 22.5. The number of likely N-dealkylation sites (tertiary alicyclic amines) is 1. The molecular formula is C13H12F3N3O5.